The van der Waals surface area contributed by atoms with E-state index in [1.807, 2.05) is 0 Å². The Labute approximate surface area is 161 Å². The van der Waals surface area contributed by atoms with Gasteiger partial charge in [0.1, 0.15) is 0 Å². The normalized spacial score (nSPS) is 31.1. The molecule has 0 spiro atoms. The van der Waals surface area contributed by atoms with E-state index in [2.05, 4.69) is 53.8 Å². The van der Waals surface area contributed by atoms with Gasteiger partial charge in [-0.3, -0.25) is 4.79 Å². The lowest BCUT2D eigenvalue weighted by molar-refractivity contribution is -0.126. The van der Waals surface area contributed by atoms with Crippen LogP contribution in [0.5, 0.6) is 0 Å². The quantitative estimate of drug-likeness (QED) is 0.872. The highest BCUT2D eigenvalue weighted by Gasteiger charge is 2.43. The number of hydrogen-bond donors (Lipinski definition) is 2. The molecule has 0 aliphatic heterocycles. The second-order valence-electron chi connectivity index (χ2n) is 8.65. The van der Waals surface area contributed by atoms with Crippen molar-refractivity contribution < 1.29 is 4.79 Å². The highest BCUT2D eigenvalue weighted by atomic mass is 16.1. The molecule has 140 valence electrons. The van der Waals surface area contributed by atoms with Crippen molar-refractivity contribution in [2.24, 2.45) is 17.6 Å². The molecule has 2 aromatic rings. The number of benzene rings is 2. The summed E-state index contributed by atoms with van der Waals surface area (Å²) in [5.74, 6) is 1.66. The van der Waals surface area contributed by atoms with Crippen LogP contribution in [0.25, 0.3) is 0 Å². The van der Waals surface area contributed by atoms with E-state index in [9.17, 15) is 4.79 Å². The predicted molar refractivity (Wildman–Crippen MR) is 108 cm³/mol. The summed E-state index contributed by atoms with van der Waals surface area (Å²) in [5, 5.41) is 3.29. The molecule has 1 amide bonds. The van der Waals surface area contributed by atoms with Crippen LogP contribution in [0.2, 0.25) is 0 Å². The van der Waals surface area contributed by atoms with Crippen molar-refractivity contribution in [1.82, 2.24) is 5.32 Å². The van der Waals surface area contributed by atoms with Gasteiger partial charge in [-0.25, -0.2) is 0 Å². The predicted octanol–water partition coefficient (Wildman–Crippen LogP) is 3.92. The Hall–Kier alpha value is -2.13. The van der Waals surface area contributed by atoms with Crippen molar-refractivity contribution in [1.29, 1.82) is 0 Å². The van der Waals surface area contributed by atoms with Crippen LogP contribution in [-0.2, 0) is 4.79 Å². The summed E-state index contributed by atoms with van der Waals surface area (Å²) in [4.78, 5) is 12.7. The van der Waals surface area contributed by atoms with Gasteiger partial charge in [0.25, 0.3) is 0 Å². The number of carbonyl (C=O) groups excluding carboxylic acids is 1. The van der Waals surface area contributed by atoms with Crippen LogP contribution in [-0.4, -0.2) is 18.5 Å². The number of fused-ring (bicyclic) bond motifs is 1. The summed E-state index contributed by atoms with van der Waals surface area (Å²) in [6.07, 6.45) is 5.09. The molecule has 3 atom stereocenters. The Morgan fingerprint density at radius 1 is 0.926 bits per heavy atom. The Morgan fingerprint density at radius 2 is 1.56 bits per heavy atom. The molecule has 0 saturated heterocycles. The lowest BCUT2D eigenvalue weighted by Crippen LogP contribution is -2.43. The number of nitrogens with one attached hydrogen (secondary N) is 1. The zero-order valence-corrected chi connectivity index (χ0v) is 15.7. The maximum atomic E-state index is 12.7. The molecule has 6 rings (SSSR count). The van der Waals surface area contributed by atoms with Crippen molar-refractivity contribution in [3.05, 3.63) is 70.8 Å². The molecule has 2 aromatic carbocycles. The zero-order chi connectivity index (χ0) is 18.4. The molecule has 0 radical (unpaired) electrons. The lowest BCUT2D eigenvalue weighted by Gasteiger charge is -2.45. The average molecular weight is 361 g/mol. The van der Waals surface area contributed by atoms with E-state index in [0.717, 1.165) is 38.6 Å². The fourth-order valence-electron chi connectivity index (χ4n) is 5.80. The second-order valence-corrected chi connectivity index (χ2v) is 8.65. The summed E-state index contributed by atoms with van der Waals surface area (Å²) >= 11 is 0. The minimum atomic E-state index is 0.106. The Bertz CT molecular complexity index is 813. The second kappa shape index (κ2) is 6.79. The summed E-state index contributed by atoms with van der Waals surface area (Å²) in [6.45, 7) is 0.772. The van der Waals surface area contributed by atoms with Gasteiger partial charge >= 0.3 is 0 Å². The Kier molecular flexibility index (Phi) is 4.28. The van der Waals surface area contributed by atoms with Gasteiger partial charge in [0.15, 0.2) is 0 Å². The molecular formula is C24H28N2O. The number of nitrogens with two attached hydrogens (primary N) is 1. The van der Waals surface area contributed by atoms with Crippen molar-refractivity contribution in [3.63, 3.8) is 0 Å². The smallest absolute Gasteiger partial charge is 0.223 e. The van der Waals surface area contributed by atoms with Crippen molar-refractivity contribution in [2.45, 2.75) is 50.0 Å². The molecular weight excluding hydrogens is 332 g/mol. The number of hydrogen-bond acceptors (Lipinski definition) is 2. The van der Waals surface area contributed by atoms with Gasteiger partial charge < -0.3 is 11.1 Å². The van der Waals surface area contributed by atoms with E-state index in [1.54, 1.807) is 0 Å². The first-order chi connectivity index (χ1) is 13.2. The van der Waals surface area contributed by atoms with Crippen LogP contribution in [0.1, 0.15) is 66.2 Å². The maximum absolute atomic E-state index is 12.7. The molecule has 1 fully saturated rings. The first-order valence-corrected chi connectivity index (χ1v) is 10.4. The van der Waals surface area contributed by atoms with Crippen LogP contribution >= 0.6 is 0 Å². The third kappa shape index (κ3) is 2.89. The minimum Gasteiger partial charge on any atom is -0.356 e. The SMILES string of the molecule is NC1CCCC(C(=O)NCC2CC3c4ccccc4C2c2ccccc23)C1. The van der Waals surface area contributed by atoms with Crippen LogP contribution in [0.15, 0.2) is 48.5 Å². The Morgan fingerprint density at radius 3 is 2.19 bits per heavy atom. The number of rotatable bonds is 3. The number of amides is 1. The van der Waals surface area contributed by atoms with Gasteiger partial charge in [0, 0.05) is 30.3 Å². The van der Waals surface area contributed by atoms with Crippen LogP contribution < -0.4 is 11.1 Å². The first-order valence-electron chi connectivity index (χ1n) is 10.4. The zero-order valence-electron chi connectivity index (χ0n) is 15.7. The van der Waals surface area contributed by atoms with Gasteiger partial charge in [-0.2, -0.15) is 0 Å². The van der Waals surface area contributed by atoms with Gasteiger partial charge in [0.2, 0.25) is 5.91 Å². The summed E-state index contributed by atoms with van der Waals surface area (Å²) in [6, 6.07) is 18.0. The molecule has 3 N–H and O–H groups in total. The minimum absolute atomic E-state index is 0.106. The van der Waals surface area contributed by atoms with E-state index < -0.39 is 0 Å². The van der Waals surface area contributed by atoms with E-state index >= 15 is 0 Å². The molecule has 3 heteroatoms. The molecule has 1 saturated carbocycles. The van der Waals surface area contributed by atoms with Crippen LogP contribution in [0.3, 0.4) is 0 Å². The Balaban J connectivity index is 1.37. The maximum Gasteiger partial charge on any atom is 0.223 e. The van der Waals surface area contributed by atoms with Gasteiger partial charge in [-0.15, -0.1) is 0 Å². The highest BCUT2D eigenvalue weighted by molar-refractivity contribution is 5.78. The van der Waals surface area contributed by atoms with Gasteiger partial charge in [-0.05, 0) is 53.9 Å². The van der Waals surface area contributed by atoms with E-state index in [-0.39, 0.29) is 17.9 Å². The van der Waals surface area contributed by atoms with Gasteiger partial charge in [-0.1, -0.05) is 55.0 Å². The molecule has 4 aliphatic rings. The monoisotopic (exact) mass is 360 g/mol. The summed E-state index contributed by atoms with van der Waals surface area (Å²) in [5.41, 5.74) is 12.0. The fraction of sp³-hybridized carbons (Fsp3) is 0.458. The standard InChI is InChI=1S/C24H28N2O/c25-17-7-5-6-15(12-17)24(27)26-14-16-13-22-18-8-1-3-10-20(18)23(16)21-11-4-2-9-19(21)22/h1-4,8-11,15-17,22-23H,5-7,12-14,25H2,(H,26,27). The molecule has 3 nitrogen and oxygen atoms in total. The third-order valence-electron chi connectivity index (χ3n) is 7.05. The number of carbonyl (C=O) groups is 1. The van der Waals surface area contributed by atoms with Crippen LogP contribution in [0, 0.1) is 11.8 Å². The van der Waals surface area contributed by atoms with E-state index in [0.29, 0.717) is 17.8 Å². The molecule has 27 heavy (non-hydrogen) atoms. The molecule has 0 aromatic heterocycles. The molecule has 2 bridgehead atoms. The lowest BCUT2D eigenvalue weighted by atomic mass is 9.59. The van der Waals surface area contributed by atoms with E-state index in [1.165, 1.54) is 22.3 Å². The topological polar surface area (TPSA) is 55.1 Å². The van der Waals surface area contributed by atoms with E-state index in [4.69, 9.17) is 5.73 Å². The van der Waals surface area contributed by atoms with Crippen molar-refractivity contribution >= 4 is 5.91 Å². The van der Waals surface area contributed by atoms with Crippen molar-refractivity contribution in [2.75, 3.05) is 6.54 Å². The highest BCUT2D eigenvalue weighted by Crippen LogP contribution is 2.55. The summed E-state index contributed by atoms with van der Waals surface area (Å²) in [7, 11) is 0. The largest absolute Gasteiger partial charge is 0.356 e. The van der Waals surface area contributed by atoms with Crippen LogP contribution in [0.4, 0.5) is 0 Å². The van der Waals surface area contributed by atoms with Crippen molar-refractivity contribution in [3.8, 4) is 0 Å². The fourth-order valence-corrected chi connectivity index (χ4v) is 5.80. The first kappa shape index (κ1) is 17.0. The average Bonchev–Trinajstić information content (AvgIpc) is 2.72. The molecule has 3 unspecified atom stereocenters. The third-order valence-corrected chi connectivity index (χ3v) is 7.05. The molecule has 0 heterocycles. The van der Waals surface area contributed by atoms with Gasteiger partial charge in [0.05, 0.1) is 0 Å². The molecule has 4 aliphatic carbocycles. The summed E-state index contributed by atoms with van der Waals surface area (Å²) < 4.78 is 0.